The molecule has 0 saturated heterocycles. The number of rotatable bonds is 5. The lowest BCUT2D eigenvalue weighted by Gasteiger charge is -2.08. The topological polar surface area (TPSA) is 81.5 Å². The molecule has 0 fully saturated rings. The van der Waals surface area contributed by atoms with E-state index in [1.807, 2.05) is 42.5 Å². The molecule has 0 atom stereocenters. The summed E-state index contributed by atoms with van der Waals surface area (Å²) in [5, 5.41) is 15.9. The number of ether oxygens (including phenoxy) is 1. The van der Waals surface area contributed by atoms with E-state index in [4.69, 9.17) is 4.74 Å². The molecule has 6 heteroatoms. The van der Waals surface area contributed by atoms with Crippen LogP contribution in [0.5, 0.6) is 5.75 Å². The third kappa shape index (κ3) is 3.74. The van der Waals surface area contributed by atoms with Crippen LogP contribution in [0.3, 0.4) is 0 Å². The number of fused-ring (bicyclic) bond motifs is 1. The van der Waals surface area contributed by atoms with Gasteiger partial charge in [0.25, 0.3) is 5.69 Å². The van der Waals surface area contributed by atoms with Gasteiger partial charge >= 0.3 is 0 Å². The molecule has 0 aliphatic heterocycles. The molecule has 0 aliphatic rings. The van der Waals surface area contributed by atoms with Crippen LogP contribution in [0.15, 0.2) is 60.7 Å². The summed E-state index contributed by atoms with van der Waals surface area (Å²) in [5.74, 6) is 0.0442. The van der Waals surface area contributed by atoms with E-state index in [1.54, 1.807) is 6.07 Å². The zero-order chi connectivity index (χ0) is 17.8. The maximum Gasteiger partial charge on any atom is 0.296 e. The van der Waals surface area contributed by atoms with Gasteiger partial charge in [-0.05, 0) is 28.5 Å². The summed E-state index contributed by atoms with van der Waals surface area (Å²) in [6, 6.07) is 18.0. The number of carbonyl (C=O) groups is 1. The summed E-state index contributed by atoms with van der Waals surface area (Å²) in [5.41, 5.74) is 0.787. The van der Waals surface area contributed by atoms with E-state index in [1.165, 1.54) is 19.2 Å². The normalized spacial score (nSPS) is 10.4. The number of nitrogens with zero attached hydrogens (tertiary/aromatic N) is 1. The van der Waals surface area contributed by atoms with Crippen LogP contribution in [-0.2, 0) is 11.2 Å². The maximum absolute atomic E-state index is 12.3. The van der Waals surface area contributed by atoms with Crippen LogP contribution in [0, 0.1) is 10.1 Å². The number of nitrogens with one attached hydrogen (secondary N) is 1. The van der Waals surface area contributed by atoms with Gasteiger partial charge in [-0.3, -0.25) is 14.9 Å². The van der Waals surface area contributed by atoms with Gasteiger partial charge < -0.3 is 10.1 Å². The molecule has 0 saturated carbocycles. The lowest BCUT2D eigenvalue weighted by Crippen LogP contribution is -2.15. The summed E-state index contributed by atoms with van der Waals surface area (Å²) in [6.07, 6.45) is 0.133. The molecular formula is C19H16N2O4. The van der Waals surface area contributed by atoms with Crippen molar-refractivity contribution < 1.29 is 14.5 Å². The van der Waals surface area contributed by atoms with Crippen molar-refractivity contribution in [1.29, 1.82) is 0 Å². The van der Waals surface area contributed by atoms with Gasteiger partial charge in [0.15, 0.2) is 0 Å². The molecular weight excluding hydrogens is 320 g/mol. The zero-order valence-electron chi connectivity index (χ0n) is 13.6. The molecule has 6 nitrogen and oxygen atoms in total. The summed E-state index contributed by atoms with van der Waals surface area (Å²) in [6.45, 7) is 0. The third-order valence-corrected chi connectivity index (χ3v) is 3.85. The van der Waals surface area contributed by atoms with E-state index in [0.29, 0.717) is 5.75 Å². The fraction of sp³-hybridized carbons (Fsp3) is 0.105. The Hall–Kier alpha value is -3.41. The molecule has 0 spiro atoms. The Bertz CT molecular complexity index is 953. The largest absolute Gasteiger partial charge is 0.496 e. The van der Waals surface area contributed by atoms with E-state index in [0.717, 1.165) is 16.3 Å². The second-order valence-electron chi connectivity index (χ2n) is 5.55. The molecule has 0 aliphatic carbocycles. The van der Waals surface area contributed by atoms with E-state index in [2.05, 4.69) is 5.32 Å². The maximum atomic E-state index is 12.3. The number of hydrogen-bond acceptors (Lipinski definition) is 4. The number of amides is 1. The quantitative estimate of drug-likeness (QED) is 0.565. The van der Waals surface area contributed by atoms with Gasteiger partial charge in [-0.1, -0.05) is 42.5 Å². The standard InChI is InChI=1S/C19H16N2O4/c1-25-16-8-9-17(18(12-16)21(23)24)20-19(22)11-13-6-7-14-4-2-3-5-15(14)10-13/h2-10,12H,11H2,1H3,(H,20,22). The van der Waals surface area contributed by atoms with E-state index < -0.39 is 4.92 Å². The van der Waals surface area contributed by atoms with E-state index in [-0.39, 0.29) is 23.7 Å². The first-order chi connectivity index (χ1) is 12.1. The van der Waals surface area contributed by atoms with Crippen molar-refractivity contribution >= 4 is 28.1 Å². The van der Waals surface area contributed by atoms with Crippen molar-refractivity contribution in [3.63, 3.8) is 0 Å². The first kappa shape index (κ1) is 16.4. The third-order valence-electron chi connectivity index (χ3n) is 3.85. The highest BCUT2D eigenvalue weighted by Crippen LogP contribution is 2.29. The van der Waals surface area contributed by atoms with E-state index in [9.17, 15) is 14.9 Å². The molecule has 0 aromatic heterocycles. The van der Waals surface area contributed by atoms with Crippen LogP contribution in [0.2, 0.25) is 0 Å². The summed E-state index contributed by atoms with van der Waals surface area (Å²) < 4.78 is 4.98. The number of benzene rings is 3. The number of hydrogen-bond donors (Lipinski definition) is 1. The monoisotopic (exact) mass is 336 g/mol. The van der Waals surface area contributed by atoms with Crippen LogP contribution >= 0.6 is 0 Å². The van der Waals surface area contributed by atoms with Crippen LogP contribution in [0.25, 0.3) is 10.8 Å². The van der Waals surface area contributed by atoms with Gasteiger partial charge in [0.2, 0.25) is 5.91 Å². The van der Waals surface area contributed by atoms with Crippen molar-refractivity contribution in [2.24, 2.45) is 0 Å². The molecule has 126 valence electrons. The molecule has 0 bridgehead atoms. The number of methoxy groups -OCH3 is 1. The Morgan fingerprint density at radius 3 is 2.56 bits per heavy atom. The van der Waals surface area contributed by atoms with Gasteiger partial charge in [0.05, 0.1) is 24.5 Å². The van der Waals surface area contributed by atoms with Crippen LogP contribution in [-0.4, -0.2) is 17.9 Å². The molecule has 0 unspecified atom stereocenters. The minimum absolute atomic E-state index is 0.133. The Kier molecular flexibility index (Phi) is 4.61. The Labute approximate surface area is 144 Å². The number of anilines is 1. The molecule has 3 aromatic rings. The SMILES string of the molecule is COc1ccc(NC(=O)Cc2ccc3ccccc3c2)c([N+](=O)[O-])c1. The molecule has 3 rings (SSSR count). The number of nitro benzene ring substituents is 1. The lowest BCUT2D eigenvalue weighted by molar-refractivity contribution is -0.384. The van der Waals surface area contributed by atoms with Crippen LogP contribution < -0.4 is 10.1 Å². The van der Waals surface area contributed by atoms with Gasteiger partial charge in [-0.2, -0.15) is 0 Å². The lowest BCUT2D eigenvalue weighted by atomic mass is 10.0. The molecule has 25 heavy (non-hydrogen) atoms. The van der Waals surface area contributed by atoms with Gasteiger partial charge in [0, 0.05) is 0 Å². The smallest absolute Gasteiger partial charge is 0.296 e. The van der Waals surface area contributed by atoms with Crippen LogP contribution in [0.1, 0.15) is 5.56 Å². The van der Waals surface area contributed by atoms with Crippen molar-refractivity contribution in [2.45, 2.75) is 6.42 Å². The predicted molar refractivity (Wildman–Crippen MR) is 95.9 cm³/mol. The molecule has 3 aromatic carbocycles. The zero-order valence-corrected chi connectivity index (χ0v) is 13.6. The van der Waals surface area contributed by atoms with Crippen LogP contribution in [0.4, 0.5) is 11.4 Å². The second kappa shape index (κ2) is 7.00. The predicted octanol–water partition coefficient (Wildman–Crippen LogP) is 3.94. The summed E-state index contributed by atoms with van der Waals surface area (Å²) in [7, 11) is 1.43. The fourth-order valence-corrected chi connectivity index (χ4v) is 2.62. The van der Waals surface area contributed by atoms with Crippen molar-refractivity contribution in [1.82, 2.24) is 0 Å². The van der Waals surface area contributed by atoms with Crippen molar-refractivity contribution in [3.8, 4) is 5.75 Å². The average Bonchev–Trinajstić information content (AvgIpc) is 2.61. The highest BCUT2D eigenvalue weighted by atomic mass is 16.6. The summed E-state index contributed by atoms with van der Waals surface area (Å²) in [4.78, 5) is 22.9. The van der Waals surface area contributed by atoms with E-state index >= 15 is 0 Å². The first-order valence-corrected chi connectivity index (χ1v) is 7.67. The highest BCUT2D eigenvalue weighted by molar-refractivity contribution is 5.95. The second-order valence-corrected chi connectivity index (χ2v) is 5.55. The minimum Gasteiger partial charge on any atom is -0.496 e. The molecule has 0 heterocycles. The fourth-order valence-electron chi connectivity index (χ4n) is 2.62. The molecule has 0 radical (unpaired) electrons. The first-order valence-electron chi connectivity index (χ1n) is 7.67. The molecule has 1 N–H and O–H groups in total. The Morgan fingerprint density at radius 2 is 1.84 bits per heavy atom. The number of carbonyl (C=O) groups excluding carboxylic acids is 1. The minimum atomic E-state index is -0.547. The van der Waals surface area contributed by atoms with Gasteiger partial charge in [-0.25, -0.2) is 0 Å². The van der Waals surface area contributed by atoms with Gasteiger partial charge in [0.1, 0.15) is 11.4 Å². The average molecular weight is 336 g/mol. The molecule has 1 amide bonds. The van der Waals surface area contributed by atoms with Gasteiger partial charge in [-0.15, -0.1) is 0 Å². The number of nitro groups is 1. The Balaban J connectivity index is 1.78. The summed E-state index contributed by atoms with van der Waals surface area (Å²) >= 11 is 0. The highest BCUT2D eigenvalue weighted by Gasteiger charge is 2.17. The Morgan fingerprint density at radius 1 is 1.08 bits per heavy atom. The van der Waals surface area contributed by atoms with Crippen molar-refractivity contribution in [2.75, 3.05) is 12.4 Å². The van der Waals surface area contributed by atoms with Crippen molar-refractivity contribution in [3.05, 3.63) is 76.3 Å².